The van der Waals surface area contributed by atoms with Crippen LogP contribution in [-0.4, -0.2) is 29.2 Å². The smallest absolute Gasteiger partial charge is 0.342 e. The number of esters is 2. The monoisotopic (exact) mass is 189 g/mol. The minimum absolute atomic E-state index is 0.103. The van der Waals surface area contributed by atoms with Crippen molar-refractivity contribution in [2.45, 2.75) is 32.9 Å². The van der Waals surface area contributed by atoms with Crippen molar-refractivity contribution in [3.05, 3.63) is 0 Å². The number of nitrogens with two attached hydrogens (primary N) is 1. The number of hydrogen-bond donors (Lipinski definition) is 2. The second-order valence-corrected chi connectivity index (χ2v) is 3.19. The molecule has 3 N–H and O–H groups in total. The molecule has 5 nitrogen and oxygen atoms in total. The van der Waals surface area contributed by atoms with Crippen LogP contribution >= 0.6 is 0 Å². The number of rotatable bonds is 3. The molecule has 0 amide bonds. The van der Waals surface area contributed by atoms with Crippen molar-refractivity contribution in [1.82, 2.24) is 0 Å². The van der Waals surface area contributed by atoms with Gasteiger partial charge in [0.2, 0.25) is 0 Å². The quantitative estimate of drug-likeness (QED) is 0.458. The Morgan fingerprint density at radius 2 is 1.69 bits per heavy atom. The first-order chi connectivity index (χ1) is 5.86. The fraction of sp³-hybridized carbons (Fsp3) is 0.750. The normalized spacial score (nSPS) is 15.2. The summed E-state index contributed by atoms with van der Waals surface area (Å²) in [5, 5.41) is 8.72. The summed E-state index contributed by atoms with van der Waals surface area (Å²) in [6.45, 7) is 4.69. The van der Waals surface area contributed by atoms with Crippen molar-refractivity contribution in [2.75, 3.05) is 0 Å². The van der Waals surface area contributed by atoms with Crippen molar-refractivity contribution in [3.63, 3.8) is 0 Å². The van der Waals surface area contributed by atoms with Crippen LogP contribution in [0.25, 0.3) is 0 Å². The van der Waals surface area contributed by atoms with Crippen LogP contribution in [0.15, 0.2) is 0 Å². The van der Waals surface area contributed by atoms with E-state index in [0.717, 1.165) is 0 Å². The molecule has 0 aliphatic rings. The summed E-state index contributed by atoms with van der Waals surface area (Å²) in [7, 11) is 0. The zero-order valence-corrected chi connectivity index (χ0v) is 7.98. The topological polar surface area (TPSA) is 89.6 Å². The largest absolute Gasteiger partial charge is 0.390 e. The van der Waals surface area contributed by atoms with E-state index in [-0.39, 0.29) is 5.92 Å². The Morgan fingerprint density at radius 1 is 1.23 bits per heavy atom. The number of carbonyl (C=O) groups is 2. The summed E-state index contributed by atoms with van der Waals surface area (Å²) in [6.07, 6.45) is -1.30. The van der Waals surface area contributed by atoms with E-state index in [2.05, 4.69) is 4.74 Å². The fourth-order valence-corrected chi connectivity index (χ4v) is 0.525. The van der Waals surface area contributed by atoms with Gasteiger partial charge in [-0.25, -0.2) is 9.59 Å². The van der Waals surface area contributed by atoms with Crippen LogP contribution in [0.2, 0.25) is 0 Å². The first kappa shape index (κ1) is 12.1. The predicted octanol–water partition coefficient (Wildman–Crippen LogP) is -0.580. The average Bonchev–Trinajstić information content (AvgIpc) is 2.02. The molecule has 13 heavy (non-hydrogen) atoms. The molecule has 0 saturated heterocycles. The molecular weight excluding hydrogens is 174 g/mol. The maximum atomic E-state index is 11.0. The van der Waals surface area contributed by atoms with Crippen molar-refractivity contribution in [3.8, 4) is 0 Å². The van der Waals surface area contributed by atoms with E-state index in [9.17, 15) is 9.59 Å². The molecule has 76 valence electrons. The Hall–Kier alpha value is -0.940. The summed E-state index contributed by atoms with van der Waals surface area (Å²) in [4.78, 5) is 21.8. The standard InChI is InChI=1S/C8H15NO4/c1-4(2)6(9)8(12)13-7(11)5(3)10/h4-6,10H,9H2,1-3H3/t5?,6-/m0/s1. The van der Waals surface area contributed by atoms with Gasteiger partial charge >= 0.3 is 11.9 Å². The molecule has 0 rings (SSSR count). The van der Waals surface area contributed by atoms with Crippen LogP contribution in [0.4, 0.5) is 0 Å². The first-order valence-corrected chi connectivity index (χ1v) is 4.05. The van der Waals surface area contributed by atoms with Gasteiger partial charge in [-0.1, -0.05) is 13.8 Å². The van der Waals surface area contributed by atoms with Gasteiger partial charge in [-0.2, -0.15) is 0 Å². The summed E-state index contributed by atoms with van der Waals surface area (Å²) >= 11 is 0. The summed E-state index contributed by atoms with van der Waals surface area (Å²) in [5.41, 5.74) is 5.40. The molecular formula is C8H15NO4. The Balaban J connectivity index is 4.08. The predicted molar refractivity (Wildman–Crippen MR) is 45.6 cm³/mol. The zero-order chi connectivity index (χ0) is 10.6. The summed E-state index contributed by atoms with van der Waals surface area (Å²) in [6, 6.07) is -0.831. The molecule has 0 aromatic rings. The Labute approximate surface area is 76.9 Å². The van der Waals surface area contributed by atoms with Crippen LogP contribution in [0.3, 0.4) is 0 Å². The van der Waals surface area contributed by atoms with Crippen LogP contribution in [-0.2, 0) is 14.3 Å². The van der Waals surface area contributed by atoms with Gasteiger partial charge in [0.25, 0.3) is 0 Å². The van der Waals surface area contributed by atoms with E-state index in [4.69, 9.17) is 10.8 Å². The average molecular weight is 189 g/mol. The molecule has 0 saturated carbocycles. The van der Waals surface area contributed by atoms with Crippen LogP contribution in [0.5, 0.6) is 0 Å². The van der Waals surface area contributed by atoms with Crippen LogP contribution < -0.4 is 5.73 Å². The number of carbonyl (C=O) groups excluding carboxylic acids is 2. The molecule has 2 atom stereocenters. The number of aliphatic hydroxyl groups is 1. The van der Waals surface area contributed by atoms with Gasteiger partial charge in [0, 0.05) is 0 Å². The number of hydrogen-bond acceptors (Lipinski definition) is 5. The molecule has 0 aliphatic carbocycles. The lowest BCUT2D eigenvalue weighted by Crippen LogP contribution is -2.39. The van der Waals surface area contributed by atoms with E-state index < -0.39 is 24.1 Å². The zero-order valence-electron chi connectivity index (χ0n) is 7.98. The molecule has 0 bridgehead atoms. The molecule has 5 heteroatoms. The molecule has 0 aliphatic heterocycles. The highest BCUT2D eigenvalue weighted by Crippen LogP contribution is 2.01. The Bertz CT molecular complexity index is 200. The molecule has 0 radical (unpaired) electrons. The van der Waals surface area contributed by atoms with Crippen LogP contribution in [0, 0.1) is 5.92 Å². The highest BCUT2D eigenvalue weighted by atomic mass is 16.6. The first-order valence-electron chi connectivity index (χ1n) is 4.05. The van der Waals surface area contributed by atoms with Gasteiger partial charge in [0.05, 0.1) is 0 Å². The van der Waals surface area contributed by atoms with E-state index in [0.29, 0.717) is 0 Å². The van der Waals surface area contributed by atoms with Crippen molar-refractivity contribution in [1.29, 1.82) is 0 Å². The Morgan fingerprint density at radius 3 is 2.00 bits per heavy atom. The molecule has 1 unspecified atom stereocenters. The summed E-state index contributed by atoms with van der Waals surface area (Å²) in [5.74, 6) is -1.88. The van der Waals surface area contributed by atoms with Crippen molar-refractivity contribution < 1.29 is 19.4 Å². The third kappa shape index (κ3) is 4.00. The van der Waals surface area contributed by atoms with Crippen molar-refractivity contribution >= 4 is 11.9 Å². The minimum Gasteiger partial charge on any atom is -0.390 e. The van der Waals surface area contributed by atoms with Gasteiger partial charge in [-0.15, -0.1) is 0 Å². The maximum absolute atomic E-state index is 11.0. The molecule has 0 fully saturated rings. The molecule has 0 aromatic carbocycles. The van der Waals surface area contributed by atoms with Gasteiger partial charge in [0.15, 0.2) is 0 Å². The highest BCUT2D eigenvalue weighted by molar-refractivity contribution is 5.90. The maximum Gasteiger partial charge on any atom is 0.342 e. The molecule has 0 aromatic heterocycles. The SMILES string of the molecule is CC(O)C(=O)OC(=O)[C@@H](N)C(C)C. The molecule has 0 heterocycles. The number of aliphatic hydroxyl groups excluding tert-OH is 1. The van der Waals surface area contributed by atoms with E-state index in [1.54, 1.807) is 13.8 Å². The lowest BCUT2D eigenvalue weighted by Gasteiger charge is -2.13. The number of ether oxygens (including phenoxy) is 1. The second kappa shape index (κ2) is 4.94. The van der Waals surface area contributed by atoms with Crippen molar-refractivity contribution in [2.24, 2.45) is 11.7 Å². The second-order valence-electron chi connectivity index (χ2n) is 3.19. The van der Waals surface area contributed by atoms with E-state index in [1.165, 1.54) is 6.92 Å². The third-order valence-electron chi connectivity index (χ3n) is 1.53. The van der Waals surface area contributed by atoms with Gasteiger partial charge in [-0.05, 0) is 12.8 Å². The highest BCUT2D eigenvalue weighted by Gasteiger charge is 2.23. The lowest BCUT2D eigenvalue weighted by molar-refractivity contribution is -0.166. The Kier molecular flexibility index (Phi) is 4.58. The van der Waals surface area contributed by atoms with E-state index in [1.807, 2.05) is 0 Å². The molecule has 0 spiro atoms. The minimum atomic E-state index is -1.30. The van der Waals surface area contributed by atoms with Gasteiger partial charge < -0.3 is 15.6 Å². The van der Waals surface area contributed by atoms with Gasteiger partial charge in [-0.3, -0.25) is 0 Å². The van der Waals surface area contributed by atoms with Gasteiger partial charge in [0.1, 0.15) is 12.1 Å². The lowest BCUT2D eigenvalue weighted by atomic mass is 10.1. The summed E-state index contributed by atoms with van der Waals surface area (Å²) < 4.78 is 4.28. The fourth-order valence-electron chi connectivity index (χ4n) is 0.525. The van der Waals surface area contributed by atoms with E-state index >= 15 is 0 Å². The van der Waals surface area contributed by atoms with Crippen LogP contribution in [0.1, 0.15) is 20.8 Å². The third-order valence-corrected chi connectivity index (χ3v) is 1.53.